The molecule has 0 aromatic heterocycles. The Kier molecular flexibility index (Phi) is 5.77. The van der Waals surface area contributed by atoms with Crippen LogP contribution in [0.2, 0.25) is 0 Å². The number of hydrogen-bond donors (Lipinski definition) is 2. The first kappa shape index (κ1) is 13.5. The van der Waals surface area contributed by atoms with E-state index >= 15 is 0 Å². The molecule has 1 fully saturated rings. The standard InChI is InChI=1S/C12H24N2O2/c1-10(2)13-8-12(16)14-6-3-4-11(9-14)5-7-15/h10-11,13,15H,3-9H2,1-2H3. The quantitative estimate of drug-likeness (QED) is 0.725. The molecule has 0 aliphatic carbocycles. The number of carbonyl (C=O) groups is 1. The monoisotopic (exact) mass is 228 g/mol. The molecule has 0 spiro atoms. The van der Waals surface area contributed by atoms with Gasteiger partial charge in [-0.15, -0.1) is 0 Å². The van der Waals surface area contributed by atoms with Gasteiger partial charge in [0.15, 0.2) is 0 Å². The van der Waals surface area contributed by atoms with Crippen LogP contribution >= 0.6 is 0 Å². The summed E-state index contributed by atoms with van der Waals surface area (Å²) in [5.41, 5.74) is 0. The molecule has 2 N–H and O–H groups in total. The van der Waals surface area contributed by atoms with Crippen LogP contribution in [-0.2, 0) is 4.79 Å². The number of piperidine rings is 1. The van der Waals surface area contributed by atoms with Crippen molar-refractivity contribution in [3.63, 3.8) is 0 Å². The van der Waals surface area contributed by atoms with Gasteiger partial charge in [-0.05, 0) is 25.2 Å². The number of aliphatic hydroxyl groups excluding tert-OH is 1. The summed E-state index contributed by atoms with van der Waals surface area (Å²) < 4.78 is 0. The van der Waals surface area contributed by atoms with Gasteiger partial charge in [0.25, 0.3) is 0 Å². The number of nitrogens with zero attached hydrogens (tertiary/aromatic N) is 1. The highest BCUT2D eigenvalue weighted by Gasteiger charge is 2.22. The number of hydrogen-bond acceptors (Lipinski definition) is 3. The Morgan fingerprint density at radius 2 is 2.31 bits per heavy atom. The van der Waals surface area contributed by atoms with E-state index in [0.717, 1.165) is 32.4 Å². The molecule has 16 heavy (non-hydrogen) atoms. The minimum Gasteiger partial charge on any atom is -0.396 e. The maximum atomic E-state index is 11.9. The Labute approximate surface area is 98.0 Å². The average Bonchev–Trinajstić information content (AvgIpc) is 2.26. The molecule has 1 atom stereocenters. The van der Waals surface area contributed by atoms with Crippen molar-refractivity contribution in [3.8, 4) is 0 Å². The first-order valence-electron chi connectivity index (χ1n) is 6.25. The van der Waals surface area contributed by atoms with Gasteiger partial charge >= 0.3 is 0 Å². The fourth-order valence-electron chi connectivity index (χ4n) is 2.11. The smallest absolute Gasteiger partial charge is 0.236 e. The van der Waals surface area contributed by atoms with Gasteiger partial charge in [0.05, 0.1) is 6.54 Å². The van der Waals surface area contributed by atoms with Crippen LogP contribution < -0.4 is 5.32 Å². The molecule has 0 saturated carbocycles. The topological polar surface area (TPSA) is 52.6 Å². The first-order chi connectivity index (χ1) is 7.63. The van der Waals surface area contributed by atoms with Gasteiger partial charge in [-0.25, -0.2) is 0 Å². The van der Waals surface area contributed by atoms with Crippen LogP contribution in [0.5, 0.6) is 0 Å². The predicted octanol–water partition coefficient (Wildman–Crippen LogP) is 0.605. The van der Waals surface area contributed by atoms with Gasteiger partial charge < -0.3 is 15.3 Å². The van der Waals surface area contributed by atoms with E-state index in [-0.39, 0.29) is 12.5 Å². The number of carbonyl (C=O) groups excluding carboxylic acids is 1. The van der Waals surface area contributed by atoms with Crippen LogP contribution in [0.4, 0.5) is 0 Å². The maximum Gasteiger partial charge on any atom is 0.236 e. The summed E-state index contributed by atoms with van der Waals surface area (Å²) >= 11 is 0. The lowest BCUT2D eigenvalue weighted by molar-refractivity contribution is -0.132. The molecule has 94 valence electrons. The second-order valence-electron chi connectivity index (χ2n) is 4.90. The molecule has 1 unspecified atom stereocenters. The van der Waals surface area contributed by atoms with Crippen molar-refractivity contribution in [3.05, 3.63) is 0 Å². The van der Waals surface area contributed by atoms with Gasteiger partial charge in [0.2, 0.25) is 5.91 Å². The van der Waals surface area contributed by atoms with Gasteiger partial charge in [0, 0.05) is 25.7 Å². The third-order valence-corrected chi connectivity index (χ3v) is 3.07. The minimum atomic E-state index is 0.191. The first-order valence-corrected chi connectivity index (χ1v) is 6.25. The van der Waals surface area contributed by atoms with Crippen LogP contribution in [0.15, 0.2) is 0 Å². The predicted molar refractivity (Wildman–Crippen MR) is 64.1 cm³/mol. The lowest BCUT2D eigenvalue weighted by Crippen LogP contribution is -2.45. The molecule has 0 bridgehead atoms. The third-order valence-electron chi connectivity index (χ3n) is 3.07. The zero-order chi connectivity index (χ0) is 12.0. The summed E-state index contributed by atoms with van der Waals surface area (Å²) in [5.74, 6) is 0.679. The number of likely N-dealkylation sites (tertiary alicyclic amines) is 1. The van der Waals surface area contributed by atoms with Crippen molar-refractivity contribution < 1.29 is 9.90 Å². The fraction of sp³-hybridized carbons (Fsp3) is 0.917. The molecule has 4 heteroatoms. The highest BCUT2D eigenvalue weighted by atomic mass is 16.3. The molecule has 0 aromatic rings. The molecule has 1 rings (SSSR count). The zero-order valence-corrected chi connectivity index (χ0v) is 10.4. The minimum absolute atomic E-state index is 0.191. The van der Waals surface area contributed by atoms with Crippen LogP contribution in [0.3, 0.4) is 0 Å². The molecule has 0 radical (unpaired) electrons. The second-order valence-corrected chi connectivity index (χ2v) is 4.90. The number of nitrogens with one attached hydrogen (secondary N) is 1. The van der Waals surface area contributed by atoms with Crippen LogP contribution in [0.1, 0.15) is 33.1 Å². The van der Waals surface area contributed by atoms with Crippen LogP contribution in [-0.4, -0.2) is 48.2 Å². The number of rotatable bonds is 5. The summed E-state index contributed by atoms with van der Waals surface area (Å²) in [7, 11) is 0. The zero-order valence-electron chi connectivity index (χ0n) is 10.4. The average molecular weight is 228 g/mol. The lowest BCUT2D eigenvalue weighted by Gasteiger charge is -2.32. The van der Waals surface area contributed by atoms with E-state index in [1.54, 1.807) is 0 Å². The molecular formula is C12H24N2O2. The van der Waals surface area contributed by atoms with Crippen LogP contribution in [0.25, 0.3) is 0 Å². The molecule has 4 nitrogen and oxygen atoms in total. The van der Waals surface area contributed by atoms with Gasteiger partial charge in [-0.1, -0.05) is 13.8 Å². The summed E-state index contributed by atoms with van der Waals surface area (Å²) in [6.07, 6.45) is 3.03. The Balaban J connectivity index is 2.32. The van der Waals surface area contributed by atoms with Gasteiger partial charge in [0.1, 0.15) is 0 Å². The summed E-state index contributed by atoms with van der Waals surface area (Å²) in [6.45, 7) is 6.44. The number of aliphatic hydroxyl groups is 1. The third kappa shape index (κ3) is 4.49. The van der Waals surface area contributed by atoms with E-state index in [9.17, 15) is 4.79 Å². The van der Waals surface area contributed by atoms with Crippen molar-refractivity contribution >= 4 is 5.91 Å². The normalized spacial score (nSPS) is 21.5. The summed E-state index contributed by atoms with van der Waals surface area (Å²) in [4.78, 5) is 13.8. The molecule has 1 amide bonds. The Bertz CT molecular complexity index is 217. The fourth-order valence-corrected chi connectivity index (χ4v) is 2.11. The molecule has 1 aliphatic heterocycles. The van der Waals surface area contributed by atoms with Crippen molar-refractivity contribution in [1.29, 1.82) is 0 Å². The Hall–Kier alpha value is -0.610. The maximum absolute atomic E-state index is 11.9. The van der Waals surface area contributed by atoms with Gasteiger partial charge in [-0.2, -0.15) is 0 Å². The largest absolute Gasteiger partial charge is 0.396 e. The molecular weight excluding hydrogens is 204 g/mol. The lowest BCUT2D eigenvalue weighted by atomic mass is 9.95. The van der Waals surface area contributed by atoms with E-state index in [0.29, 0.717) is 18.5 Å². The Morgan fingerprint density at radius 1 is 1.56 bits per heavy atom. The van der Waals surface area contributed by atoms with Crippen molar-refractivity contribution in [2.45, 2.75) is 39.2 Å². The number of amides is 1. The van der Waals surface area contributed by atoms with E-state index in [1.807, 2.05) is 18.7 Å². The highest BCUT2D eigenvalue weighted by molar-refractivity contribution is 5.78. The highest BCUT2D eigenvalue weighted by Crippen LogP contribution is 2.19. The second kappa shape index (κ2) is 6.86. The SMILES string of the molecule is CC(C)NCC(=O)N1CCCC(CCO)C1. The van der Waals surface area contributed by atoms with E-state index in [1.165, 1.54) is 0 Å². The van der Waals surface area contributed by atoms with Crippen molar-refractivity contribution in [1.82, 2.24) is 10.2 Å². The Morgan fingerprint density at radius 3 is 2.94 bits per heavy atom. The van der Waals surface area contributed by atoms with Crippen LogP contribution in [0, 0.1) is 5.92 Å². The van der Waals surface area contributed by atoms with Crippen molar-refractivity contribution in [2.24, 2.45) is 5.92 Å². The molecule has 0 aromatic carbocycles. The molecule has 1 aliphatic rings. The summed E-state index contributed by atoms with van der Waals surface area (Å²) in [6, 6.07) is 0.349. The van der Waals surface area contributed by atoms with E-state index < -0.39 is 0 Å². The van der Waals surface area contributed by atoms with E-state index in [4.69, 9.17) is 5.11 Å². The summed E-state index contributed by atoms with van der Waals surface area (Å²) in [5, 5.41) is 12.1. The van der Waals surface area contributed by atoms with E-state index in [2.05, 4.69) is 5.32 Å². The van der Waals surface area contributed by atoms with Crippen molar-refractivity contribution in [2.75, 3.05) is 26.2 Å². The molecule has 1 saturated heterocycles. The molecule has 1 heterocycles. The van der Waals surface area contributed by atoms with Gasteiger partial charge in [-0.3, -0.25) is 4.79 Å².